The summed E-state index contributed by atoms with van der Waals surface area (Å²) in [6.07, 6.45) is 2.77. The van der Waals surface area contributed by atoms with E-state index >= 15 is 0 Å². The second kappa shape index (κ2) is 4.49. The number of fused-ring (bicyclic) bond motifs is 1. The van der Waals surface area contributed by atoms with E-state index in [1.54, 1.807) is 6.07 Å². The van der Waals surface area contributed by atoms with E-state index in [1.165, 1.54) is 12.4 Å². The van der Waals surface area contributed by atoms with Crippen LogP contribution < -0.4 is 4.90 Å². The van der Waals surface area contributed by atoms with E-state index in [4.69, 9.17) is 0 Å². The lowest BCUT2D eigenvalue weighted by Gasteiger charge is -2.31. The van der Waals surface area contributed by atoms with Gasteiger partial charge in [0.25, 0.3) is 0 Å². The molecule has 0 aliphatic carbocycles. The third kappa shape index (κ3) is 1.90. The van der Waals surface area contributed by atoms with Crippen molar-refractivity contribution in [2.45, 2.75) is 18.9 Å². The number of β-amino-alcohol motifs (C(OH)–C–C–N with tert-alkyl or cyclic N) is 1. The normalized spacial score (nSPS) is 20.3. The zero-order valence-corrected chi connectivity index (χ0v) is 9.88. The van der Waals surface area contributed by atoms with Crippen LogP contribution in [0.2, 0.25) is 0 Å². The van der Waals surface area contributed by atoms with Crippen LogP contribution in [0, 0.1) is 5.82 Å². The third-order valence-corrected chi connectivity index (χ3v) is 3.29. The molecule has 0 radical (unpaired) electrons. The van der Waals surface area contributed by atoms with Gasteiger partial charge in [-0.3, -0.25) is 0 Å². The highest BCUT2D eigenvalue weighted by atomic mass is 19.1. The predicted molar refractivity (Wildman–Crippen MR) is 66.9 cm³/mol. The van der Waals surface area contributed by atoms with E-state index in [1.807, 2.05) is 11.0 Å². The quantitative estimate of drug-likeness (QED) is 0.833. The lowest BCUT2D eigenvalue weighted by atomic mass is 10.1. The molecule has 0 spiro atoms. The van der Waals surface area contributed by atoms with Crippen molar-refractivity contribution in [1.82, 2.24) is 9.97 Å². The maximum absolute atomic E-state index is 13.7. The first-order valence-corrected chi connectivity index (χ1v) is 6.08. The Balaban J connectivity index is 2.09. The van der Waals surface area contributed by atoms with Crippen molar-refractivity contribution < 1.29 is 9.50 Å². The topological polar surface area (TPSA) is 49.2 Å². The molecule has 1 saturated heterocycles. The minimum absolute atomic E-state index is 0.336. The largest absolute Gasteiger partial charge is 0.391 e. The summed E-state index contributed by atoms with van der Waals surface area (Å²) < 4.78 is 13.7. The lowest BCUT2D eigenvalue weighted by molar-refractivity contribution is 0.154. The summed E-state index contributed by atoms with van der Waals surface area (Å²) in [4.78, 5) is 10.2. The van der Waals surface area contributed by atoms with Gasteiger partial charge < -0.3 is 10.0 Å². The fourth-order valence-electron chi connectivity index (χ4n) is 2.44. The number of aliphatic hydroxyl groups is 1. The molecule has 1 atom stereocenters. The molecule has 3 rings (SSSR count). The maximum Gasteiger partial charge on any atom is 0.149 e. The van der Waals surface area contributed by atoms with Crippen LogP contribution in [0.4, 0.5) is 10.2 Å². The molecule has 4 nitrogen and oxygen atoms in total. The SMILES string of the molecule is OC1CCCN(c2ncnc3c(F)cccc23)C1. The van der Waals surface area contributed by atoms with E-state index in [0.29, 0.717) is 23.3 Å². The minimum Gasteiger partial charge on any atom is -0.391 e. The Morgan fingerprint density at radius 1 is 1.33 bits per heavy atom. The first-order chi connectivity index (χ1) is 8.75. The summed E-state index contributed by atoms with van der Waals surface area (Å²) in [5, 5.41) is 10.4. The van der Waals surface area contributed by atoms with Gasteiger partial charge in [-0.05, 0) is 25.0 Å². The van der Waals surface area contributed by atoms with E-state index < -0.39 is 0 Å². The van der Waals surface area contributed by atoms with Gasteiger partial charge in [-0.1, -0.05) is 6.07 Å². The first-order valence-electron chi connectivity index (χ1n) is 6.08. The summed E-state index contributed by atoms with van der Waals surface area (Å²) in [6.45, 7) is 1.38. The fourth-order valence-corrected chi connectivity index (χ4v) is 2.44. The molecular formula is C13H14FN3O. The molecule has 0 saturated carbocycles. The Morgan fingerprint density at radius 3 is 3.06 bits per heavy atom. The number of hydrogen-bond donors (Lipinski definition) is 1. The van der Waals surface area contributed by atoms with Gasteiger partial charge in [0, 0.05) is 18.5 Å². The lowest BCUT2D eigenvalue weighted by Crippen LogP contribution is -2.38. The van der Waals surface area contributed by atoms with Gasteiger partial charge >= 0.3 is 0 Å². The van der Waals surface area contributed by atoms with Crippen molar-refractivity contribution in [3.8, 4) is 0 Å². The van der Waals surface area contributed by atoms with Crippen molar-refractivity contribution in [2.24, 2.45) is 0 Å². The number of piperidine rings is 1. The molecule has 18 heavy (non-hydrogen) atoms. The van der Waals surface area contributed by atoms with E-state index in [9.17, 15) is 9.50 Å². The Labute approximate surface area is 104 Å². The number of anilines is 1. The molecule has 0 bridgehead atoms. The summed E-state index contributed by atoms with van der Waals surface area (Å²) in [5.74, 6) is 0.368. The Bertz CT molecular complexity index is 575. The minimum atomic E-state index is -0.339. The Morgan fingerprint density at radius 2 is 2.22 bits per heavy atom. The molecule has 1 aliphatic heterocycles. The number of nitrogens with zero attached hydrogens (tertiary/aromatic N) is 3. The van der Waals surface area contributed by atoms with E-state index in [2.05, 4.69) is 9.97 Å². The van der Waals surface area contributed by atoms with Crippen molar-refractivity contribution >= 4 is 16.7 Å². The second-order valence-electron chi connectivity index (χ2n) is 4.58. The molecule has 0 amide bonds. The highest BCUT2D eigenvalue weighted by Crippen LogP contribution is 2.26. The Kier molecular flexibility index (Phi) is 2.83. The van der Waals surface area contributed by atoms with Crippen molar-refractivity contribution in [2.75, 3.05) is 18.0 Å². The molecule has 2 heterocycles. The van der Waals surface area contributed by atoms with Gasteiger partial charge in [0.15, 0.2) is 0 Å². The number of aliphatic hydroxyl groups excluding tert-OH is 1. The zero-order chi connectivity index (χ0) is 12.5. The van der Waals surface area contributed by atoms with Gasteiger partial charge in [-0.25, -0.2) is 14.4 Å². The van der Waals surface area contributed by atoms with Gasteiger partial charge in [0.1, 0.15) is 23.5 Å². The van der Waals surface area contributed by atoms with Crippen LogP contribution >= 0.6 is 0 Å². The van der Waals surface area contributed by atoms with Crippen molar-refractivity contribution in [3.05, 3.63) is 30.3 Å². The molecule has 1 aromatic carbocycles. The fraction of sp³-hybridized carbons (Fsp3) is 0.385. The molecular weight excluding hydrogens is 233 g/mol. The third-order valence-electron chi connectivity index (χ3n) is 3.29. The molecule has 1 fully saturated rings. The van der Waals surface area contributed by atoms with E-state index in [0.717, 1.165) is 19.4 Å². The summed E-state index contributed by atoms with van der Waals surface area (Å²) in [6, 6.07) is 4.86. The van der Waals surface area contributed by atoms with Crippen LogP contribution in [-0.4, -0.2) is 34.3 Å². The summed E-state index contributed by atoms with van der Waals surface area (Å²) >= 11 is 0. The van der Waals surface area contributed by atoms with Crippen LogP contribution in [0.25, 0.3) is 10.9 Å². The number of aromatic nitrogens is 2. The smallest absolute Gasteiger partial charge is 0.149 e. The predicted octanol–water partition coefficient (Wildman–Crippen LogP) is 1.73. The van der Waals surface area contributed by atoms with Crippen LogP contribution in [0.15, 0.2) is 24.5 Å². The molecule has 1 aliphatic rings. The van der Waals surface area contributed by atoms with Crippen molar-refractivity contribution in [3.63, 3.8) is 0 Å². The molecule has 1 N–H and O–H groups in total. The molecule has 2 aromatic rings. The van der Waals surface area contributed by atoms with Gasteiger partial charge in [0.2, 0.25) is 0 Å². The number of hydrogen-bond acceptors (Lipinski definition) is 4. The molecule has 94 valence electrons. The average Bonchev–Trinajstić information content (AvgIpc) is 2.39. The zero-order valence-electron chi connectivity index (χ0n) is 9.88. The van der Waals surface area contributed by atoms with E-state index in [-0.39, 0.29) is 11.9 Å². The molecule has 1 aromatic heterocycles. The van der Waals surface area contributed by atoms with Gasteiger partial charge in [0.05, 0.1) is 6.10 Å². The number of para-hydroxylation sites is 1. The van der Waals surface area contributed by atoms with Gasteiger partial charge in [-0.15, -0.1) is 0 Å². The highest BCUT2D eigenvalue weighted by Gasteiger charge is 2.21. The molecule has 1 unspecified atom stereocenters. The molecule has 5 heteroatoms. The average molecular weight is 247 g/mol. The first kappa shape index (κ1) is 11.3. The van der Waals surface area contributed by atoms with Crippen molar-refractivity contribution in [1.29, 1.82) is 0 Å². The highest BCUT2D eigenvalue weighted by molar-refractivity contribution is 5.89. The second-order valence-corrected chi connectivity index (χ2v) is 4.58. The summed E-state index contributed by atoms with van der Waals surface area (Å²) in [7, 11) is 0. The summed E-state index contributed by atoms with van der Waals surface area (Å²) in [5.41, 5.74) is 0.336. The number of benzene rings is 1. The van der Waals surface area contributed by atoms with Crippen LogP contribution in [0.5, 0.6) is 0 Å². The monoisotopic (exact) mass is 247 g/mol. The number of halogens is 1. The van der Waals surface area contributed by atoms with Gasteiger partial charge in [-0.2, -0.15) is 0 Å². The Hall–Kier alpha value is -1.75. The number of rotatable bonds is 1. The van der Waals surface area contributed by atoms with Crippen LogP contribution in [-0.2, 0) is 0 Å². The maximum atomic E-state index is 13.7. The van der Waals surface area contributed by atoms with Crippen LogP contribution in [0.3, 0.4) is 0 Å². The standard InChI is InChI=1S/C13H14FN3O/c14-11-5-1-4-10-12(11)15-8-16-13(10)17-6-2-3-9(18)7-17/h1,4-5,8-9,18H,2-3,6-7H2. The van der Waals surface area contributed by atoms with Crippen LogP contribution in [0.1, 0.15) is 12.8 Å².